The first-order chi connectivity index (χ1) is 3.84. The molecule has 2 heteroatoms. The van der Waals surface area contributed by atoms with Gasteiger partial charge >= 0.3 is 0 Å². The van der Waals surface area contributed by atoms with Crippen molar-refractivity contribution in [1.82, 2.24) is 10.2 Å². The smallest absolute Gasteiger partial charge is 0.0606 e. The number of nitrogens with one attached hydrogen (secondary N) is 1. The van der Waals surface area contributed by atoms with Gasteiger partial charge in [0, 0.05) is 0 Å². The van der Waals surface area contributed by atoms with Crippen molar-refractivity contribution in [2.24, 2.45) is 0 Å². The van der Waals surface area contributed by atoms with Crippen LogP contribution in [0.2, 0.25) is 0 Å². The molecule has 0 saturated carbocycles. The lowest BCUT2D eigenvalue weighted by atomic mass is 10.2. The molecule has 48 valence electrons. The van der Waals surface area contributed by atoms with E-state index in [2.05, 4.69) is 24.2 Å². The Morgan fingerprint density at radius 1 is 1.75 bits per heavy atom. The Balaban J connectivity index is 2.13. The van der Waals surface area contributed by atoms with Crippen LogP contribution >= 0.6 is 0 Å². The quantitative estimate of drug-likeness (QED) is 0.554. The summed E-state index contributed by atoms with van der Waals surface area (Å²) in [5.41, 5.74) is 0. The van der Waals surface area contributed by atoms with Crippen molar-refractivity contribution in [2.75, 3.05) is 20.1 Å². The molecular weight excluding hydrogens is 100 g/mol. The SMILES string of the molecule is CCN(C)C1CCN1. The molecule has 0 aromatic carbocycles. The molecule has 1 aliphatic heterocycles. The average molecular weight is 114 g/mol. The van der Waals surface area contributed by atoms with Crippen LogP contribution in [0.1, 0.15) is 13.3 Å². The first-order valence-electron chi connectivity index (χ1n) is 3.28. The summed E-state index contributed by atoms with van der Waals surface area (Å²) in [5.74, 6) is 0. The molecule has 8 heavy (non-hydrogen) atoms. The number of hydrogen-bond acceptors (Lipinski definition) is 2. The highest BCUT2D eigenvalue weighted by Gasteiger charge is 2.18. The molecule has 2 nitrogen and oxygen atoms in total. The van der Waals surface area contributed by atoms with E-state index in [4.69, 9.17) is 0 Å². The Hall–Kier alpha value is -0.0800. The van der Waals surface area contributed by atoms with Crippen molar-refractivity contribution in [1.29, 1.82) is 0 Å². The molecule has 1 saturated heterocycles. The summed E-state index contributed by atoms with van der Waals surface area (Å²) in [7, 11) is 2.15. The molecule has 0 aromatic heterocycles. The predicted molar refractivity (Wildman–Crippen MR) is 34.7 cm³/mol. The lowest BCUT2D eigenvalue weighted by Crippen LogP contribution is -2.53. The minimum atomic E-state index is 0.681. The zero-order valence-electron chi connectivity index (χ0n) is 5.65. The molecule has 0 bridgehead atoms. The van der Waals surface area contributed by atoms with E-state index in [1.54, 1.807) is 0 Å². The van der Waals surface area contributed by atoms with Crippen molar-refractivity contribution in [3.63, 3.8) is 0 Å². The van der Waals surface area contributed by atoms with Gasteiger partial charge in [-0.15, -0.1) is 0 Å². The van der Waals surface area contributed by atoms with E-state index in [-0.39, 0.29) is 0 Å². The van der Waals surface area contributed by atoms with Gasteiger partial charge in [-0.1, -0.05) is 6.92 Å². The molecule has 1 rings (SSSR count). The Morgan fingerprint density at radius 2 is 2.38 bits per heavy atom. The third-order valence-corrected chi connectivity index (χ3v) is 1.83. The van der Waals surface area contributed by atoms with Crippen molar-refractivity contribution in [2.45, 2.75) is 19.5 Å². The van der Waals surface area contributed by atoms with Crippen LogP contribution in [-0.4, -0.2) is 31.2 Å². The van der Waals surface area contributed by atoms with Crippen LogP contribution < -0.4 is 5.32 Å². The number of hydrogen-bond donors (Lipinski definition) is 1. The molecule has 1 atom stereocenters. The summed E-state index contributed by atoms with van der Waals surface area (Å²) in [6, 6.07) is 0. The van der Waals surface area contributed by atoms with Crippen LogP contribution in [0.3, 0.4) is 0 Å². The molecule has 1 aliphatic rings. The maximum atomic E-state index is 3.32. The Morgan fingerprint density at radius 3 is 2.50 bits per heavy atom. The average Bonchev–Trinajstić information content (AvgIpc) is 1.62. The van der Waals surface area contributed by atoms with Crippen molar-refractivity contribution in [3.05, 3.63) is 0 Å². The van der Waals surface area contributed by atoms with Crippen LogP contribution in [0.25, 0.3) is 0 Å². The summed E-state index contributed by atoms with van der Waals surface area (Å²) in [6.07, 6.45) is 2.00. The van der Waals surface area contributed by atoms with Crippen LogP contribution in [0.15, 0.2) is 0 Å². The van der Waals surface area contributed by atoms with Crippen LogP contribution in [0.4, 0.5) is 0 Å². The normalized spacial score (nSPS) is 28.1. The maximum absolute atomic E-state index is 3.32. The summed E-state index contributed by atoms with van der Waals surface area (Å²) in [5, 5.41) is 3.32. The van der Waals surface area contributed by atoms with E-state index in [1.165, 1.54) is 13.0 Å². The van der Waals surface area contributed by atoms with E-state index < -0.39 is 0 Å². The van der Waals surface area contributed by atoms with Gasteiger partial charge in [0.05, 0.1) is 6.17 Å². The van der Waals surface area contributed by atoms with E-state index in [0.717, 1.165) is 6.54 Å². The summed E-state index contributed by atoms with van der Waals surface area (Å²) < 4.78 is 0. The first kappa shape index (κ1) is 6.05. The lowest BCUT2D eigenvalue weighted by Gasteiger charge is -2.35. The van der Waals surface area contributed by atoms with E-state index in [1.807, 2.05) is 0 Å². The summed E-state index contributed by atoms with van der Waals surface area (Å²) in [6.45, 7) is 4.53. The van der Waals surface area contributed by atoms with Gasteiger partial charge in [0.2, 0.25) is 0 Å². The minimum Gasteiger partial charge on any atom is -0.302 e. The van der Waals surface area contributed by atoms with Crippen LogP contribution in [0, 0.1) is 0 Å². The van der Waals surface area contributed by atoms with Crippen molar-refractivity contribution < 1.29 is 0 Å². The molecule has 0 radical (unpaired) electrons. The summed E-state index contributed by atoms with van der Waals surface area (Å²) in [4.78, 5) is 2.32. The monoisotopic (exact) mass is 114 g/mol. The third kappa shape index (κ3) is 1.01. The molecule has 0 aliphatic carbocycles. The molecular formula is C6H14N2. The van der Waals surface area contributed by atoms with E-state index in [0.29, 0.717) is 6.17 Å². The second kappa shape index (κ2) is 2.46. The van der Waals surface area contributed by atoms with Crippen molar-refractivity contribution >= 4 is 0 Å². The second-order valence-electron chi connectivity index (χ2n) is 2.33. The minimum absolute atomic E-state index is 0.681. The second-order valence-corrected chi connectivity index (χ2v) is 2.33. The molecule has 0 aromatic rings. The fourth-order valence-electron chi connectivity index (χ4n) is 0.870. The number of rotatable bonds is 2. The van der Waals surface area contributed by atoms with Gasteiger partial charge in [0.15, 0.2) is 0 Å². The third-order valence-electron chi connectivity index (χ3n) is 1.83. The van der Waals surface area contributed by atoms with Crippen LogP contribution in [-0.2, 0) is 0 Å². The standard InChI is InChI=1S/C6H14N2/c1-3-8(2)6-4-5-7-6/h6-7H,3-5H2,1-2H3. The Labute approximate surface area is 50.9 Å². The maximum Gasteiger partial charge on any atom is 0.0606 e. The highest BCUT2D eigenvalue weighted by atomic mass is 15.3. The van der Waals surface area contributed by atoms with E-state index >= 15 is 0 Å². The van der Waals surface area contributed by atoms with E-state index in [9.17, 15) is 0 Å². The Bertz CT molecular complexity index is 66.2. The van der Waals surface area contributed by atoms with Gasteiger partial charge in [-0.05, 0) is 26.6 Å². The van der Waals surface area contributed by atoms with Crippen molar-refractivity contribution in [3.8, 4) is 0 Å². The number of nitrogens with zero attached hydrogens (tertiary/aromatic N) is 1. The van der Waals surface area contributed by atoms with Gasteiger partial charge in [0.25, 0.3) is 0 Å². The lowest BCUT2D eigenvalue weighted by molar-refractivity contribution is 0.146. The van der Waals surface area contributed by atoms with Gasteiger partial charge in [-0.2, -0.15) is 0 Å². The Kier molecular flexibility index (Phi) is 1.86. The summed E-state index contributed by atoms with van der Waals surface area (Å²) >= 11 is 0. The molecule has 1 heterocycles. The largest absolute Gasteiger partial charge is 0.302 e. The van der Waals surface area contributed by atoms with Gasteiger partial charge in [-0.25, -0.2) is 0 Å². The molecule has 0 spiro atoms. The van der Waals surface area contributed by atoms with Crippen LogP contribution in [0.5, 0.6) is 0 Å². The molecule has 1 N–H and O–H groups in total. The highest BCUT2D eigenvalue weighted by Crippen LogP contribution is 2.04. The zero-order valence-corrected chi connectivity index (χ0v) is 5.65. The van der Waals surface area contributed by atoms with Gasteiger partial charge in [0.1, 0.15) is 0 Å². The topological polar surface area (TPSA) is 15.3 Å². The first-order valence-corrected chi connectivity index (χ1v) is 3.28. The highest BCUT2D eigenvalue weighted by molar-refractivity contribution is 4.75. The molecule has 0 amide bonds. The zero-order chi connectivity index (χ0) is 5.98. The predicted octanol–water partition coefficient (Wildman–Crippen LogP) is 0.258. The fourth-order valence-corrected chi connectivity index (χ4v) is 0.870. The van der Waals surface area contributed by atoms with Gasteiger partial charge < -0.3 is 5.32 Å². The molecule has 1 fully saturated rings. The van der Waals surface area contributed by atoms with Gasteiger partial charge in [-0.3, -0.25) is 4.90 Å². The fraction of sp³-hybridized carbons (Fsp3) is 1.00. The molecule has 1 unspecified atom stereocenters.